The SMILES string of the molecule is C=C1C[C@]23C[C@H]1[C@H](O)C[C@H]2[C@]1(C=O)CCC[C@@](C)(C(=O)O)[C@H]1[C@@H]3C(=O)O. The van der Waals surface area contributed by atoms with Crippen molar-refractivity contribution in [3.63, 3.8) is 0 Å². The Morgan fingerprint density at radius 3 is 2.54 bits per heavy atom. The van der Waals surface area contributed by atoms with Crippen molar-refractivity contribution in [1.29, 1.82) is 0 Å². The smallest absolute Gasteiger partial charge is 0.309 e. The van der Waals surface area contributed by atoms with Gasteiger partial charge in [-0.2, -0.15) is 0 Å². The van der Waals surface area contributed by atoms with Crippen molar-refractivity contribution in [2.75, 3.05) is 0 Å². The van der Waals surface area contributed by atoms with Gasteiger partial charge in [0.05, 0.1) is 17.4 Å². The number of carbonyl (C=O) groups is 3. The first-order chi connectivity index (χ1) is 12.1. The summed E-state index contributed by atoms with van der Waals surface area (Å²) in [7, 11) is 0. The molecule has 4 rings (SSSR count). The molecule has 3 N–H and O–H groups in total. The van der Waals surface area contributed by atoms with Gasteiger partial charge < -0.3 is 20.1 Å². The molecule has 0 aromatic carbocycles. The largest absolute Gasteiger partial charge is 0.481 e. The number of aliphatic hydroxyl groups excluding tert-OH is 1. The van der Waals surface area contributed by atoms with Gasteiger partial charge in [-0.15, -0.1) is 0 Å². The van der Waals surface area contributed by atoms with Crippen LogP contribution in [0.25, 0.3) is 0 Å². The Bertz CT molecular complexity index is 715. The molecular weight excluding hydrogens is 336 g/mol. The van der Waals surface area contributed by atoms with E-state index in [2.05, 4.69) is 6.58 Å². The van der Waals surface area contributed by atoms with Gasteiger partial charge in [-0.05, 0) is 50.4 Å². The summed E-state index contributed by atoms with van der Waals surface area (Å²) in [6.45, 7) is 5.69. The van der Waals surface area contributed by atoms with Crippen molar-refractivity contribution in [2.24, 2.45) is 39.9 Å². The number of aliphatic hydroxyl groups is 1. The summed E-state index contributed by atoms with van der Waals surface area (Å²) in [5.74, 6) is -4.13. The maximum absolute atomic E-state index is 12.5. The summed E-state index contributed by atoms with van der Waals surface area (Å²) in [6.07, 6.45) is 3.00. The summed E-state index contributed by atoms with van der Waals surface area (Å²) >= 11 is 0. The van der Waals surface area contributed by atoms with Crippen molar-refractivity contribution >= 4 is 18.2 Å². The highest BCUT2D eigenvalue weighted by Crippen LogP contribution is 2.77. The van der Waals surface area contributed by atoms with Crippen LogP contribution in [0.4, 0.5) is 0 Å². The van der Waals surface area contributed by atoms with Gasteiger partial charge in [-0.25, -0.2) is 0 Å². The van der Waals surface area contributed by atoms with E-state index in [0.29, 0.717) is 38.5 Å². The van der Waals surface area contributed by atoms with Crippen LogP contribution in [-0.2, 0) is 14.4 Å². The molecule has 4 fully saturated rings. The van der Waals surface area contributed by atoms with Crippen LogP contribution in [-0.4, -0.2) is 39.6 Å². The van der Waals surface area contributed by atoms with Gasteiger partial charge in [0.15, 0.2) is 0 Å². The number of hydrogen-bond donors (Lipinski definition) is 3. The predicted octanol–water partition coefficient (Wildman–Crippen LogP) is 2.11. The Labute approximate surface area is 152 Å². The van der Waals surface area contributed by atoms with E-state index in [1.165, 1.54) is 0 Å². The molecule has 0 saturated heterocycles. The van der Waals surface area contributed by atoms with Crippen molar-refractivity contribution in [3.8, 4) is 0 Å². The topological polar surface area (TPSA) is 112 Å². The van der Waals surface area contributed by atoms with Gasteiger partial charge in [-0.1, -0.05) is 18.6 Å². The van der Waals surface area contributed by atoms with Crippen LogP contribution in [0, 0.1) is 39.9 Å². The first kappa shape index (κ1) is 17.7. The number of hydrogen-bond acceptors (Lipinski definition) is 4. The van der Waals surface area contributed by atoms with Crippen LogP contribution < -0.4 is 0 Å². The van der Waals surface area contributed by atoms with Crippen molar-refractivity contribution in [1.82, 2.24) is 0 Å². The second kappa shape index (κ2) is 5.18. The van der Waals surface area contributed by atoms with Gasteiger partial charge in [0.1, 0.15) is 6.29 Å². The number of carbonyl (C=O) groups excluding carboxylic acids is 1. The molecule has 0 aliphatic heterocycles. The van der Waals surface area contributed by atoms with Crippen molar-refractivity contribution in [2.45, 2.75) is 51.6 Å². The quantitative estimate of drug-likeness (QED) is 0.524. The molecule has 0 amide bonds. The molecule has 0 aromatic rings. The highest BCUT2D eigenvalue weighted by molar-refractivity contribution is 5.82. The van der Waals surface area contributed by atoms with E-state index in [0.717, 1.165) is 11.9 Å². The van der Waals surface area contributed by atoms with E-state index < -0.39 is 46.1 Å². The summed E-state index contributed by atoms with van der Waals surface area (Å²) < 4.78 is 0. The Balaban J connectivity index is 1.98. The van der Waals surface area contributed by atoms with Crippen LogP contribution in [0.5, 0.6) is 0 Å². The fourth-order valence-corrected chi connectivity index (χ4v) is 7.61. The van der Waals surface area contributed by atoms with E-state index in [-0.39, 0.29) is 11.8 Å². The van der Waals surface area contributed by atoms with E-state index in [1.807, 2.05) is 0 Å². The number of aliphatic carboxylic acids is 2. The van der Waals surface area contributed by atoms with Crippen LogP contribution in [0.3, 0.4) is 0 Å². The lowest BCUT2D eigenvalue weighted by Gasteiger charge is -2.49. The molecule has 26 heavy (non-hydrogen) atoms. The van der Waals surface area contributed by atoms with Crippen LogP contribution in [0.15, 0.2) is 12.2 Å². The maximum atomic E-state index is 12.5. The van der Waals surface area contributed by atoms with Crippen LogP contribution in [0.2, 0.25) is 0 Å². The van der Waals surface area contributed by atoms with Crippen molar-refractivity contribution in [3.05, 3.63) is 12.2 Å². The molecule has 6 nitrogen and oxygen atoms in total. The van der Waals surface area contributed by atoms with Gasteiger partial charge in [0.2, 0.25) is 0 Å². The number of carboxylic acids is 2. The van der Waals surface area contributed by atoms with Gasteiger partial charge in [-0.3, -0.25) is 9.59 Å². The van der Waals surface area contributed by atoms with E-state index >= 15 is 0 Å². The van der Waals surface area contributed by atoms with E-state index in [9.17, 15) is 29.7 Å². The average molecular weight is 362 g/mol. The lowest BCUT2D eigenvalue weighted by Crippen LogP contribution is -2.52. The molecule has 1 spiro atoms. The second-order valence-corrected chi connectivity index (χ2v) is 9.33. The van der Waals surface area contributed by atoms with Crippen molar-refractivity contribution < 1.29 is 29.7 Å². The molecule has 8 atom stereocenters. The molecular formula is C20H26O6. The molecule has 142 valence electrons. The summed E-state index contributed by atoms with van der Waals surface area (Å²) in [5, 5.41) is 30.8. The highest BCUT2D eigenvalue weighted by atomic mass is 16.4. The number of carboxylic acid groups (broad SMARTS) is 2. The summed E-state index contributed by atoms with van der Waals surface area (Å²) in [6, 6.07) is 0. The monoisotopic (exact) mass is 362 g/mol. The van der Waals surface area contributed by atoms with Gasteiger partial charge >= 0.3 is 11.9 Å². The number of fused-ring (bicyclic) bond motifs is 3. The average Bonchev–Trinajstić information content (AvgIpc) is 3.00. The van der Waals surface area contributed by atoms with E-state index in [4.69, 9.17) is 0 Å². The lowest BCUT2D eigenvalue weighted by atomic mass is 9.53. The Morgan fingerprint density at radius 1 is 1.27 bits per heavy atom. The molecule has 0 unspecified atom stereocenters. The first-order valence-corrected chi connectivity index (χ1v) is 9.42. The minimum absolute atomic E-state index is 0.145. The molecule has 0 heterocycles. The third-order valence-electron chi connectivity index (χ3n) is 8.46. The Hall–Kier alpha value is -1.69. The number of rotatable bonds is 3. The zero-order valence-electron chi connectivity index (χ0n) is 15.0. The van der Waals surface area contributed by atoms with E-state index in [1.54, 1.807) is 6.92 Å². The molecule has 4 aliphatic carbocycles. The second-order valence-electron chi connectivity index (χ2n) is 9.33. The predicted molar refractivity (Wildman–Crippen MR) is 91.1 cm³/mol. The first-order valence-electron chi connectivity index (χ1n) is 9.42. The van der Waals surface area contributed by atoms with Gasteiger partial charge in [0.25, 0.3) is 0 Å². The minimum atomic E-state index is -1.25. The zero-order valence-corrected chi connectivity index (χ0v) is 15.0. The number of aldehydes is 1. The molecule has 4 saturated carbocycles. The van der Waals surface area contributed by atoms with Crippen LogP contribution >= 0.6 is 0 Å². The minimum Gasteiger partial charge on any atom is -0.481 e. The molecule has 4 aliphatic rings. The normalized spacial score (nSPS) is 52.2. The lowest BCUT2D eigenvalue weighted by molar-refractivity contribution is -0.167. The van der Waals surface area contributed by atoms with Gasteiger partial charge in [0, 0.05) is 17.3 Å². The maximum Gasteiger partial charge on any atom is 0.309 e. The molecule has 2 bridgehead atoms. The van der Waals surface area contributed by atoms with Crippen LogP contribution in [0.1, 0.15) is 45.4 Å². The molecule has 0 radical (unpaired) electrons. The summed E-state index contributed by atoms with van der Waals surface area (Å²) in [4.78, 5) is 37.1. The summed E-state index contributed by atoms with van der Waals surface area (Å²) in [5.41, 5.74) is -2.06. The highest BCUT2D eigenvalue weighted by Gasteiger charge is 2.77. The third kappa shape index (κ3) is 1.79. The Kier molecular flexibility index (Phi) is 3.53. The fraction of sp³-hybridized carbons (Fsp3) is 0.750. The Morgan fingerprint density at radius 2 is 1.96 bits per heavy atom. The molecule has 0 aromatic heterocycles. The molecule has 6 heteroatoms. The third-order valence-corrected chi connectivity index (χ3v) is 8.46. The standard InChI is InChI=1S/C20H26O6/c1-10-7-20-8-11(10)12(22)6-13(20)19(9-21)5-3-4-18(2,17(25)26)15(19)14(20)16(23)24/h9,11-15,22H,1,3-8H2,2H3,(H,23,24)(H,25,26)/t11-,12-,13+,14-,15-,18-,19-,20+/m1/s1. The zero-order chi connectivity index (χ0) is 19.1. The fourth-order valence-electron chi connectivity index (χ4n) is 7.61.